The fourth-order valence-corrected chi connectivity index (χ4v) is 16.2. The first kappa shape index (κ1) is 88.5. The quantitative estimate of drug-likeness (QED) is 0.0473. The molecule has 20 rings (SSSR count). The van der Waals surface area contributed by atoms with Gasteiger partial charge in [-0.15, -0.1) is 0 Å². The van der Waals surface area contributed by atoms with Crippen molar-refractivity contribution in [1.29, 1.82) is 0 Å². The van der Waals surface area contributed by atoms with Crippen LogP contribution < -0.4 is 30.0 Å². The molecular formula is C92H104Br2N24O8S. The Morgan fingerprint density at radius 3 is 1.14 bits per heavy atom. The number of aromatic nitrogens is 20. The van der Waals surface area contributed by atoms with Crippen LogP contribution in [0.25, 0.3) is 44.7 Å². The Balaban J connectivity index is 0.000000120. The van der Waals surface area contributed by atoms with E-state index in [0.29, 0.717) is 127 Å². The molecule has 2 unspecified atom stereocenters. The number of likely N-dealkylation sites (N-methyl/N-ethyl adjacent to an activating group) is 2. The molecule has 0 aromatic carbocycles. The van der Waals surface area contributed by atoms with E-state index in [-0.39, 0.29) is 57.6 Å². The van der Waals surface area contributed by atoms with Gasteiger partial charge in [0.1, 0.15) is 74.9 Å². The van der Waals surface area contributed by atoms with Crippen molar-refractivity contribution in [2.45, 2.75) is 154 Å². The lowest BCUT2D eigenvalue weighted by atomic mass is 9.91. The van der Waals surface area contributed by atoms with Crippen LogP contribution in [0.1, 0.15) is 152 Å². The number of anilines is 3. The Morgan fingerprint density at radius 1 is 0.433 bits per heavy atom. The molecule has 127 heavy (non-hydrogen) atoms. The lowest BCUT2D eigenvalue weighted by Gasteiger charge is -2.23. The van der Waals surface area contributed by atoms with Crippen molar-refractivity contribution in [3.05, 3.63) is 183 Å². The fraction of sp³-hybridized carbons (Fsp3) is 0.413. The second-order valence-corrected chi connectivity index (χ2v) is 37.6. The highest BCUT2D eigenvalue weighted by atomic mass is 79.9. The summed E-state index contributed by atoms with van der Waals surface area (Å²) in [7, 11) is 11.9. The SMILES string of the molecule is CN1CCC(n2nc(N)cc2C(C)(C)C)C1.CN1CCC(n2nc(Nc3nc4ncc(Oc5ccnc(CC(=O)C6CC6)c5)cc4n3C)cc2C(C)(C)C)C1.Cn1c(=S)[nH]c2ncc(Oc3ccnc(CC(=O)C4CC4)c3)cc21.Cn1c(Br)nc2ncc(Oc3ccnc(CC(=O)C4CC4)c3)cc21.Cn1c(Br)nc2ncc(Oc3ccnc(CC(=O)C4CC4)c3)cc21. The molecule has 4 N–H and O–H groups in total. The molecule has 4 aliphatic carbocycles. The average molecular weight is 1870 g/mol. The maximum Gasteiger partial charge on any atom is 0.210 e. The number of halogens is 2. The van der Waals surface area contributed by atoms with Crippen LogP contribution >= 0.6 is 44.1 Å². The first-order chi connectivity index (χ1) is 60.8. The Kier molecular flexibility index (Phi) is 26.2. The number of aromatic amines is 1. The van der Waals surface area contributed by atoms with Gasteiger partial charge in [-0.3, -0.25) is 48.5 Å². The van der Waals surface area contributed by atoms with E-state index in [4.69, 9.17) is 47.0 Å². The van der Waals surface area contributed by atoms with E-state index >= 15 is 0 Å². The number of nitrogen functional groups attached to an aromatic ring is 1. The minimum Gasteiger partial charge on any atom is -0.456 e. The zero-order valence-electron chi connectivity index (χ0n) is 73.3. The van der Waals surface area contributed by atoms with Crippen LogP contribution in [-0.2, 0) is 83.9 Å². The summed E-state index contributed by atoms with van der Waals surface area (Å²) in [4.78, 5) is 104. The Labute approximate surface area is 756 Å². The zero-order chi connectivity index (χ0) is 89.3. The molecular weight excluding hydrogens is 1760 g/mol. The Bertz CT molecular complexity index is 6340. The average Bonchev–Trinajstić information content (AvgIpc) is 1.68. The van der Waals surface area contributed by atoms with Crippen molar-refractivity contribution in [3.8, 4) is 46.0 Å². The Morgan fingerprint density at radius 2 is 0.780 bits per heavy atom. The smallest absolute Gasteiger partial charge is 0.210 e. The monoisotopic (exact) mass is 1860 g/mol. The molecule has 16 heterocycles. The first-order valence-corrected chi connectivity index (χ1v) is 44.9. The van der Waals surface area contributed by atoms with Crippen molar-refractivity contribution in [3.63, 3.8) is 0 Å². The standard InChI is InChI=1S/C29H36N8O2.2C17H15BrN4O2.C17H16N4O2S.C12H22N4/c1-29(2,3)25-15-26(34-37(25)20-9-11-35(4)17-20)32-28-33-27-23(36(28)5)14-22(16-31-27)39-21-8-10-30-19(12-21)13-24(38)18-6-7-18;2*1-22-14-8-13(9-20-16(14)21-17(22)18)24-12-4-5-19-11(6-12)7-15(23)10-2-3-10;1-21-14-8-13(9-19-16(14)20-17(21)24)23-12-4-5-18-11(6-12)7-15(22)10-2-3-10;1-12(2,3)10-7-11(13)14-16(10)9-5-6-15(4)8-9/h8,10,12,14-16,18,20H,6-7,9,11,13,17H2,1-5H3,(H,31,32,33,34);2*4-6,8-10H,2-3,7H2,1H3;4-6,8-10H,2-3,7H2,1H3,(H,19,20,24);7,9H,5-6,8H2,1-4H3,(H2,13,14). The molecule has 35 heteroatoms. The highest BCUT2D eigenvalue weighted by Gasteiger charge is 2.35. The van der Waals surface area contributed by atoms with Crippen molar-refractivity contribution < 1.29 is 38.1 Å². The highest BCUT2D eigenvalue weighted by Crippen LogP contribution is 2.39. The van der Waals surface area contributed by atoms with Crippen LogP contribution in [0.5, 0.6) is 46.0 Å². The number of nitrogens with one attached hydrogen (secondary N) is 2. The number of H-pyrrole nitrogens is 1. The largest absolute Gasteiger partial charge is 0.456 e. The number of ketones is 4. The van der Waals surface area contributed by atoms with Gasteiger partial charge in [0.2, 0.25) is 5.95 Å². The van der Waals surface area contributed by atoms with Gasteiger partial charge in [0.25, 0.3) is 0 Å². The van der Waals surface area contributed by atoms with Crippen LogP contribution in [-0.4, -0.2) is 171 Å². The van der Waals surface area contributed by atoms with Crippen molar-refractivity contribution in [1.82, 2.24) is 107 Å². The second kappa shape index (κ2) is 37.6. The normalized spacial score (nSPS) is 16.4. The number of hydrogen-bond acceptors (Lipinski definition) is 26. The van der Waals surface area contributed by atoms with Gasteiger partial charge in [0.05, 0.1) is 81.7 Å². The van der Waals surface area contributed by atoms with E-state index in [9.17, 15) is 19.2 Å². The molecule has 0 bridgehead atoms. The molecule has 6 fully saturated rings. The number of carbonyl (C=O) groups excluding carboxylic acids is 4. The third-order valence-electron chi connectivity index (χ3n) is 23.1. The van der Waals surface area contributed by atoms with Crippen LogP contribution in [0.4, 0.5) is 17.6 Å². The molecule has 14 aromatic rings. The molecule has 32 nitrogen and oxygen atoms in total. The number of likely N-dealkylation sites (tertiary alicyclic amines) is 2. The van der Waals surface area contributed by atoms with Crippen molar-refractivity contribution >= 4 is 129 Å². The van der Waals surface area contributed by atoms with Crippen molar-refractivity contribution in [2.75, 3.05) is 51.3 Å². The molecule has 2 saturated heterocycles. The summed E-state index contributed by atoms with van der Waals surface area (Å²) in [5.41, 5.74) is 17.4. The molecule has 14 aromatic heterocycles. The third-order valence-corrected chi connectivity index (χ3v) is 24.9. The lowest BCUT2D eigenvalue weighted by Crippen LogP contribution is -2.24. The van der Waals surface area contributed by atoms with Crippen LogP contribution in [0, 0.1) is 28.4 Å². The molecule has 0 amide bonds. The fourth-order valence-electron chi connectivity index (χ4n) is 15.3. The van der Waals surface area contributed by atoms with Gasteiger partial charge in [0.15, 0.2) is 42.6 Å². The molecule has 4 saturated carbocycles. The number of rotatable bonds is 24. The number of fused-ring (bicyclic) bond motifs is 4. The predicted octanol–water partition coefficient (Wildman–Crippen LogP) is 16.6. The highest BCUT2D eigenvalue weighted by molar-refractivity contribution is 9.10. The molecule has 0 spiro atoms. The van der Waals surface area contributed by atoms with E-state index in [1.54, 1.807) is 79.9 Å². The number of nitrogens with zero attached hydrogens (tertiary/aromatic N) is 21. The van der Waals surface area contributed by atoms with Gasteiger partial charge in [-0.1, -0.05) is 41.5 Å². The maximum absolute atomic E-state index is 12.2. The van der Waals surface area contributed by atoms with Gasteiger partial charge in [-0.25, -0.2) is 29.9 Å². The van der Waals surface area contributed by atoms with E-state index in [1.807, 2.05) is 95.0 Å². The minimum absolute atomic E-state index is 0.0355. The van der Waals surface area contributed by atoms with E-state index in [1.165, 1.54) is 17.8 Å². The summed E-state index contributed by atoms with van der Waals surface area (Å²) in [6, 6.07) is 26.9. The first-order valence-electron chi connectivity index (χ1n) is 42.9. The van der Waals surface area contributed by atoms with E-state index < -0.39 is 0 Å². The number of Topliss-reactive ketones (excluding diaryl/α,β-unsaturated/α-hetero) is 4. The number of ether oxygens (including phenoxy) is 4. The van der Waals surface area contributed by atoms with E-state index in [0.717, 1.165) is 140 Å². The number of pyridine rings is 8. The topological polar surface area (TPSA) is 363 Å². The number of hydrogen-bond donors (Lipinski definition) is 3. The predicted molar refractivity (Wildman–Crippen MR) is 492 cm³/mol. The Hall–Kier alpha value is -11.9. The van der Waals surface area contributed by atoms with Crippen LogP contribution in [0.15, 0.2) is 144 Å². The van der Waals surface area contributed by atoms with E-state index in [2.05, 4.69) is 178 Å². The third kappa shape index (κ3) is 22.2. The number of nitrogens with two attached hydrogens (primary N) is 1. The second-order valence-electron chi connectivity index (χ2n) is 35.7. The molecule has 6 aliphatic rings. The summed E-state index contributed by atoms with van der Waals surface area (Å²) in [6.07, 6.45) is 25.0. The van der Waals surface area contributed by atoms with Gasteiger partial charge in [-0.2, -0.15) is 15.2 Å². The van der Waals surface area contributed by atoms with Gasteiger partial charge in [-0.05, 0) is 160 Å². The van der Waals surface area contributed by atoms with Gasteiger partial charge >= 0.3 is 0 Å². The van der Waals surface area contributed by atoms with Gasteiger partial charge < -0.3 is 63.1 Å². The van der Waals surface area contributed by atoms with Crippen LogP contribution in [0.2, 0.25) is 0 Å². The summed E-state index contributed by atoms with van der Waals surface area (Å²) >= 11 is 12.0. The molecule has 0 radical (unpaired) electrons. The summed E-state index contributed by atoms with van der Waals surface area (Å²) in [6.45, 7) is 17.6. The summed E-state index contributed by atoms with van der Waals surface area (Å²) < 4.78 is 37.7. The molecule has 2 aliphatic heterocycles. The van der Waals surface area contributed by atoms with Crippen LogP contribution in [0.3, 0.4) is 0 Å². The van der Waals surface area contributed by atoms with Gasteiger partial charge in [0, 0.05) is 198 Å². The number of imidazole rings is 4. The maximum atomic E-state index is 12.2. The number of aryl methyl sites for hydroxylation is 4. The molecule has 660 valence electrons. The van der Waals surface area contributed by atoms with Crippen molar-refractivity contribution in [2.24, 2.45) is 51.9 Å². The summed E-state index contributed by atoms with van der Waals surface area (Å²) in [5.74, 6) is 9.05. The number of carbonyl (C=O) groups is 4. The minimum atomic E-state index is -0.0355. The molecule has 2 atom stereocenters. The summed E-state index contributed by atoms with van der Waals surface area (Å²) in [5, 5.41) is 12.9. The zero-order valence-corrected chi connectivity index (χ0v) is 77.3. The lowest BCUT2D eigenvalue weighted by molar-refractivity contribution is -0.120.